The van der Waals surface area contributed by atoms with Crippen LogP contribution in [0.5, 0.6) is 0 Å². The highest BCUT2D eigenvalue weighted by Crippen LogP contribution is 2.06. The lowest BCUT2D eigenvalue weighted by molar-refractivity contribution is 0.240. The van der Waals surface area contributed by atoms with Gasteiger partial charge in [-0.3, -0.25) is 0 Å². The van der Waals surface area contributed by atoms with Crippen LogP contribution in [0.25, 0.3) is 0 Å². The zero-order valence-electron chi connectivity index (χ0n) is 13.2. The topological polar surface area (TPSA) is 44.4 Å². The Bertz CT molecular complexity index is 579. The zero-order chi connectivity index (χ0) is 15.8. The quantitative estimate of drug-likeness (QED) is 0.861. The minimum absolute atomic E-state index is 0.152. The first-order chi connectivity index (χ1) is 10.6. The lowest BCUT2D eigenvalue weighted by Gasteiger charge is -2.11. The molecule has 0 aromatic heterocycles. The minimum Gasteiger partial charge on any atom is -0.334 e. The van der Waals surface area contributed by atoms with E-state index in [1.165, 1.54) is 5.56 Å². The van der Waals surface area contributed by atoms with Gasteiger partial charge in [0.2, 0.25) is 0 Å². The van der Waals surface area contributed by atoms with Crippen LogP contribution in [0.2, 0.25) is 0 Å². The van der Waals surface area contributed by atoms with E-state index in [-0.39, 0.29) is 6.03 Å². The summed E-state index contributed by atoms with van der Waals surface area (Å²) in [7, 11) is 4.10. The van der Waals surface area contributed by atoms with Crippen molar-refractivity contribution in [2.75, 3.05) is 14.1 Å². The Kier molecular flexibility index (Phi) is 5.98. The van der Waals surface area contributed by atoms with Crippen LogP contribution in [-0.2, 0) is 19.6 Å². The molecule has 0 spiro atoms. The van der Waals surface area contributed by atoms with Gasteiger partial charge in [0.05, 0.1) is 0 Å². The van der Waals surface area contributed by atoms with E-state index in [0.29, 0.717) is 13.1 Å². The maximum Gasteiger partial charge on any atom is 0.315 e. The average Bonchev–Trinajstić information content (AvgIpc) is 2.53. The third-order valence-electron chi connectivity index (χ3n) is 3.27. The fourth-order valence-electron chi connectivity index (χ4n) is 2.15. The van der Waals surface area contributed by atoms with Crippen LogP contribution >= 0.6 is 0 Å². The van der Waals surface area contributed by atoms with Crippen molar-refractivity contribution in [2.45, 2.75) is 19.6 Å². The highest BCUT2D eigenvalue weighted by Gasteiger charge is 2.01. The van der Waals surface area contributed by atoms with E-state index in [9.17, 15) is 4.79 Å². The molecule has 0 aliphatic carbocycles. The van der Waals surface area contributed by atoms with E-state index < -0.39 is 0 Å². The molecule has 2 rings (SSSR count). The Morgan fingerprint density at radius 2 is 1.32 bits per heavy atom. The molecule has 0 bridgehead atoms. The Labute approximate surface area is 132 Å². The molecule has 2 aromatic carbocycles. The van der Waals surface area contributed by atoms with Gasteiger partial charge in [-0.05, 0) is 30.8 Å². The fraction of sp³-hybridized carbons (Fsp3) is 0.278. The number of benzene rings is 2. The zero-order valence-corrected chi connectivity index (χ0v) is 13.2. The largest absolute Gasteiger partial charge is 0.334 e. The van der Waals surface area contributed by atoms with E-state index in [4.69, 9.17) is 0 Å². The highest BCUT2D eigenvalue weighted by atomic mass is 16.2. The van der Waals surface area contributed by atoms with Crippen LogP contribution in [0.4, 0.5) is 4.79 Å². The maximum absolute atomic E-state index is 11.8. The number of hydrogen-bond acceptors (Lipinski definition) is 2. The fourth-order valence-corrected chi connectivity index (χ4v) is 2.15. The Morgan fingerprint density at radius 3 is 1.86 bits per heavy atom. The summed E-state index contributed by atoms with van der Waals surface area (Å²) in [6.07, 6.45) is 0. The van der Waals surface area contributed by atoms with Crippen molar-refractivity contribution in [1.29, 1.82) is 0 Å². The molecule has 0 saturated carbocycles. The molecule has 0 atom stereocenters. The van der Waals surface area contributed by atoms with Crippen LogP contribution in [-0.4, -0.2) is 25.0 Å². The molecule has 2 amide bonds. The molecule has 2 aromatic rings. The van der Waals surface area contributed by atoms with E-state index >= 15 is 0 Å². The summed E-state index contributed by atoms with van der Waals surface area (Å²) in [6.45, 7) is 1.99. The van der Waals surface area contributed by atoms with E-state index in [0.717, 1.165) is 17.7 Å². The molecule has 0 aliphatic heterocycles. The Morgan fingerprint density at radius 1 is 0.818 bits per heavy atom. The molecule has 0 heterocycles. The molecule has 0 unspecified atom stereocenters. The number of rotatable bonds is 6. The van der Waals surface area contributed by atoms with E-state index in [1.54, 1.807) is 0 Å². The molecule has 0 saturated heterocycles. The SMILES string of the molecule is CN(C)Cc1ccc(CNC(=O)NCc2ccccc2)cc1. The average molecular weight is 297 g/mol. The summed E-state index contributed by atoms with van der Waals surface area (Å²) in [6, 6.07) is 18.0. The first-order valence-corrected chi connectivity index (χ1v) is 7.41. The van der Waals surface area contributed by atoms with Gasteiger partial charge in [0, 0.05) is 19.6 Å². The van der Waals surface area contributed by atoms with Crippen LogP contribution in [0.1, 0.15) is 16.7 Å². The molecular weight excluding hydrogens is 274 g/mol. The number of carbonyl (C=O) groups is 1. The molecule has 0 aliphatic rings. The van der Waals surface area contributed by atoms with E-state index in [2.05, 4.69) is 39.8 Å². The smallest absolute Gasteiger partial charge is 0.315 e. The molecule has 0 fully saturated rings. The summed E-state index contributed by atoms with van der Waals surface area (Å²) in [4.78, 5) is 13.9. The van der Waals surface area contributed by atoms with E-state index in [1.807, 2.05) is 44.4 Å². The Hall–Kier alpha value is -2.33. The second kappa shape index (κ2) is 8.20. The predicted octanol–water partition coefficient (Wildman–Crippen LogP) is 2.75. The Balaban J connectivity index is 1.74. The summed E-state index contributed by atoms with van der Waals surface area (Å²) in [5.41, 5.74) is 3.45. The molecule has 116 valence electrons. The number of urea groups is 1. The first-order valence-electron chi connectivity index (χ1n) is 7.41. The molecule has 2 N–H and O–H groups in total. The summed E-state index contributed by atoms with van der Waals surface area (Å²) < 4.78 is 0. The molecular formula is C18H23N3O. The number of nitrogens with one attached hydrogen (secondary N) is 2. The number of nitrogens with zero attached hydrogens (tertiary/aromatic N) is 1. The first kappa shape index (κ1) is 16.0. The van der Waals surface area contributed by atoms with Crippen LogP contribution in [0.15, 0.2) is 54.6 Å². The van der Waals surface area contributed by atoms with Crippen molar-refractivity contribution in [2.24, 2.45) is 0 Å². The third-order valence-corrected chi connectivity index (χ3v) is 3.27. The summed E-state index contributed by atoms with van der Waals surface area (Å²) in [5.74, 6) is 0. The molecule has 4 nitrogen and oxygen atoms in total. The predicted molar refractivity (Wildman–Crippen MR) is 89.4 cm³/mol. The second-order valence-electron chi connectivity index (χ2n) is 5.58. The monoisotopic (exact) mass is 297 g/mol. The van der Waals surface area contributed by atoms with Crippen molar-refractivity contribution in [3.63, 3.8) is 0 Å². The van der Waals surface area contributed by atoms with Gasteiger partial charge in [-0.15, -0.1) is 0 Å². The standard InChI is InChI=1S/C18H23N3O/c1-21(2)14-17-10-8-16(9-11-17)13-20-18(22)19-12-15-6-4-3-5-7-15/h3-11H,12-14H2,1-2H3,(H2,19,20,22). The van der Waals surface area contributed by atoms with Crippen molar-refractivity contribution >= 4 is 6.03 Å². The van der Waals surface area contributed by atoms with Gasteiger partial charge >= 0.3 is 6.03 Å². The van der Waals surface area contributed by atoms with Gasteiger partial charge in [-0.2, -0.15) is 0 Å². The van der Waals surface area contributed by atoms with Crippen molar-refractivity contribution in [3.05, 3.63) is 71.3 Å². The number of amides is 2. The van der Waals surface area contributed by atoms with Gasteiger partial charge in [0.15, 0.2) is 0 Å². The minimum atomic E-state index is -0.152. The van der Waals surface area contributed by atoms with Crippen LogP contribution < -0.4 is 10.6 Å². The normalized spacial score (nSPS) is 10.5. The van der Waals surface area contributed by atoms with Gasteiger partial charge in [-0.1, -0.05) is 54.6 Å². The molecule has 22 heavy (non-hydrogen) atoms. The second-order valence-corrected chi connectivity index (χ2v) is 5.58. The summed E-state index contributed by atoms with van der Waals surface area (Å²) >= 11 is 0. The third kappa shape index (κ3) is 5.58. The number of hydrogen-bond donors (Lipinski definition) is 2. The van der Waals surface area contributed by atoms with Crippen LogP contribution in [0.3, 0.4) is 0 Å². The van der Waals surface area contributed by atoms with Gasteiger partial charge < -0.3 is 15.5 Å². The van der Waals surface area contributed by atoms with Gasteiger partial charge in [-0.25, -0.2) is 4.79 Å². The van der Waals surface area contributed by atoms with Crippen molar-refractivity contribution < 1.29 is 4.79 Å². The lowest BCUT2D eigenvalue weighted by atomic mass is 10.1. The van der Waals surface area contributed by atoms with Crippen molar-refractivity contribution in [3.8, 4) is 0 Å². The molecule has 4 heteroatoms. The molecule has 0 radical (unpaired) electrons. The lowest BCUT2D eigenvalue weighted by Crippen LogP contribution is -2.34. The highest BCUT2D eigenvalue weighted by molar-refractivity contribution is 5.73. The van der Waals surface area contributed by atoms with Crippen molar-refractivity contribution in [1.82, 2.24) is 15.5 Å². The van der Waals surface area contributed by atoms with Gasteiger partial charge in [0.1, 0.15) is 0 Å². The number of carbonyl (C=O) groups excluding carboxylic acids is 1. The van der Waals surface area contributed by atoms with Gasteiger partial charge in [0.25, 0.3) is 0 Å². The maximum atomic E-state index is 11.8. The van der Waals surface area contributed by atoms with Crippen LogP contribution in [0, 0.1) is 0 Å². The summed E-state index contributed by atoms with van der Waals surface area (Å²) in [5, 5.41) is 5.72.